The van der Waals surface area contributed by atoms with Crippen molar-refractivity contribution < 1.29 is 17.9 Å². The third-order valence-electron chi connectivity index (χ3n) is 5.05. The van der Waals surface area contributed by atoms with E-state index in [0.29, 0.717) is 24.7 Å². The molecule has 0 unspecified atom stereocenters. The fourth-order valence-electron chi connectivity index (χ4n) is 3.37. The molecule has 1 N–H and O–H groups in total. The number of methoxy groups -OCH3 is 1. The van der Waals surface area contributed by atoms with E-state index in [1.54, 1.807) is 25.3 Å². The maximum absolute atomic E-state index is 12.7. The van der Waals surface area contributed by atoms with Gasteiger partial charge in [0.1, 0.15) is 5.75 Å². The van der Waals surface area contributed by atoms with Crippen molar-refractivity contribution in [3.8, 4) is 5.75 Å². The second-order valence-corrected chi connectivity index (χ2v) is 8.53. The molecule has 0 bridgehead atoms. The van der Waals surface area contributed by atoms with E-state index >= 15 is 0 Å². The van der Waals surface area contributed by atoms with E-state index in [2.05, 4.69) is 4.72 Å². The average molecular weight is 375 g/mol. The van der Waals surface area contributed by atoms with Gasteiger partial charge in [0.15, 0.2) is 0 Å². The van der Waals surface area contributed by atoms with Gasteiger partial charge < -0.3 is 9.47 Å². The summed E-state index contributed by atoms with van der Waals surface area (Å²) in [4.78, 5) is 0.300. The summed E-state index contributed by atoms with van der Waals surface area (Å²) in [6, 6.07) is 14.8. The Labute approximate surface area is 155 Å². The molecule has 0 atom stereocenters. The molecule has 26 heavy (non-hydrogen) atoms. The second-order valence-electron chi connectivity index (χ2n) is 6.76. The SMILES string of the molecule is COc1ccc(C2(CNS(=O)(=O)c3cccc(C)c3)CCOCC2)cc1. The summed E-state index contributed by atoms with van der Waals surface area (Å²) in [7, 11) is -1.92. The summed E-state index contributed by atoms with van der Waals surface area (Å²) < 4.78 is 39.1. The van der Waals surface area contributed by atoms with E-state index in [0.717, 1.165) is 29.7 Å². The predicted molar refractivity (Wildman–Crippen MR) is 101 cm³/mol. The highest BCUT2D eigenvalue weighted by Gasteiger charge is 2.35. The lowest BCUT2D eigenvalue weighted by molar-refractivity contribution is 0.0517. The van der Waals surface area contributed by atoms with Crippen LogP contribution in [0.3, 0.4) is 0 Å². The monoisotopic (exact) mass is 375 g/mol. The molecule has 1 fully saturated rings. The van der Waals surface area contributed by atoms with Crippen LogP contribution in [0.25, 0.3) is 0 Å². The van der Waals surface area contributed by atoms with Crippen LogP contribution in [0.4, 0.5) is 0 Å². The van der Waals surface area contributed by atoms with E-state index in [9.17, 15) is 8.42 Å². The lowest BCUT2D eigenvalue weighted by atomic mass is 9.74. The first kappa shape index (κ1) is 18.9. The molecular formula is C20H25NO4S. The van der Waals surface area contributed by atoms with Crippen LogP contribution in [0.2, 0.25) is 0 Å². The Kier molecular flexibility index (Phi) is 5.65. The van der Waals surface area contributed by atoms with Crippen molar-refractivity contribution in [3.63, 3.8) is 0 Å². The largest absolute Gasteiger partial charge is 0.497 e. The van der Waals surface area contributed by atoms with Crippen molar-refractivity contribution in [1.29, 1.82) is 0 Å². The number of benzene rings is 2. The molecule has 1 aliphatic heterocycles. The van der Waals surface area contributed by atoms with Crippen molar-refractivity contribution in [1.82, 2.24) is 4.72 Å². The Morgan fingerprint density at radius 3 is 2.42 bits per heavy atom. The van der Waals surface area contributed by atoms with E-state index in [-0.39, 0.29) is 5.41 Å². The van der Waals surface area contributed by atoms with Gasteiger partial charge in [0.25, 0.3) is 0 Å². The summed E-state index contributed by atoms with van der Waals surface area (Å²) in [5.74, 6) is 0.788. The smallest absolute Gasteiger partial charge is 0.240 e. The molecule has 6 heteroatoms. The van der Waals surface area contributed by atoms with Gasteiger partial charge in [-0.25, -0.2) is 13.1 Å². The standard InChI is InChI=1S/C20H25NO4S/c1-16-4-3-5-19(14-16)26(22,23)21-15-20(10-12-25-13-11-20)17-6-8-18(24-2)9-7-17/h3-9,14,21H,10-13,15H2,1-2H3. The minimum Gasteiger partial charge on any atom is -0.497 e. The third kappa shape index (κ3) is 4.09. The van der Waals surface area contributed by atoms with Gasteiger partial charge in [0, 0.05) is 25.2 Å². The number of nitrogens with one attached hydrogen (secondary N) is 1. The fourth-order valence-corrected chi connectivity index (χ4v) is 4.60. The Balaban J connectivity index is 1.84. The number of hydrogen-bond acceptors (Lipinski definition) is 4. The number of hydrogen-bond donors (Lipinski definition) is 1. The highest BCUT2D eigenvalue weighted by Crippen LogP contribution is 2.35. The zero-order valence-electron chi connectivity index (χ0n) is 15.2. The van der Waals surface area contributed by atoms with Gasteiger partial charge >= 0.3 is 0 Å². The van der Waals surface area contributed by atoms with Gasteiger partial charge in [0.05, 0.1) is 12.0 Å². The summed E-state index contributed by atoms with van der Waals surface area (Å²) in [6.45, 7) is 3.48. The van der Waals surface area contributed by atoms with Crippen LogP contribution >= 0.6 is 0 Å². The maximum atomic E-state index is 12.7. The van der Waals surface area contributed by atoms with Crippen molar-refractivity contribution in [2.45, 2.75) is 30.1 Å². The zero-order valence-corrected chi connectivity index (χ0v) is 16.0. The maximum Gasteiger partial charge on any atom is 0.240 e. The van der Waals surface area contributed by atoms with Crippen LogP contribution in [0.1, 0.15) is 24.0 Å². The van der Waals surface area contributed by atoms with Gasteiger partial charge in [-0.05, 0) is 55.2 Å². The molecule has 0 spiro atoms. The molecule has 2 aromatic carbocycles. The summed E-state index contributed by atoms with van der Waals surface area (Å²) in [5.41, 5.74) is 1.75. The molecule has 0 radical (unpaired) electrons. The molecule has 1 heterocycles. The van der Waals surface area contributed by atoms with Gasteiger partial charge in [-0.1, -0.05) is 24.3 Å². The Morgan fingerprint density at radius 2 is 1.81 bits per heavy atom. The molecule has 0 saturated carbocycles. The second kappa shape index (κ2) is 7.78. The van der Waals surface area contributed by atoms with E-state index in [1.807, 2.05) is 37.3 Å². The van der Waals surface area contributed by atoms with Crippen LogP contribution in [0.5, 0.6) is 5.75 Å². The number of sulfonamides is 1. The molecule has 5 nitrogen and oxygen atoms in total. The molecule has 1 aliphatic rings. The lowest BCUT2D eigenvalue weighted by Gasteiger charge is -2.38. The van der Waals surface area contributed by atoms with Gasteiger partial charge in [-0.2, -0.15) is 0 Å². The van der Waals surface area contributed by atoms with Crippen molar-refractivity contribution in [3.05, 3.63) is 59.7 Å². The summed E-state index contributed by atoms with van der Waals surface area (Å²) in [6.07, 6.45) is 1.55. The summed E-state index contributed by atoms with van der Waals surface area (Å²) in [5, 5.41) is 0. The van der Waals surface area contributed by atoms with Gasteiger partial charge in [0.2, 0.25) is 10.0 Å². The molecule has 3 rings (SSSR count). The first-order valence-electron chi connectivity index (χ1n) is 8.74. The Morgan fingerprint density at radius 1 is 1.12 bits per heavy atom. The van der Waals surface area contributed by atoms with Crippen molar-refractivity contribution in [2.24, 2.45) is 0 Å². The Hall–Kier alpha value is -1.89. The average Bonchev–Trinajstić information content (AvgIpc) is 2.67. The molecule has 2 aromatic rings. The quantitative estimate of drug-likeness (QED) is 0.843. The van der Waals surface area contributed by atoms with Crippen molar-refractivity contribution in [2.75, 3.05) is 26.9 Å². The van der Waals surface area contributed by atoms with Crippen molar-refractivity contribution >= 4 is 10.0 Å². The number of aryl methyl sites for hydroxylation is 1. The third-order valence-corrected chi connectivity index (χ3v) is 6.45. The first-order valence-corrected chi connectivity index (χ1v) is 10.2. The molecule has 1 saturated heterocycles. The van der Waals surface area contributed by atoms with E-state index < -0.39 is 10.0 Å². The molecule has 0 aromatic heterocycles. The van der Waals surface area contributed by atoms with E-state index in [1.165, 1.54) is 0 Å². The molecule has 0 aliphatic carbocycles. The fraction of sp³-hybridized carbons (Fsp3) is 0.400. The van der Waals surface area contributed by atoms with Gasteiger partial charge in [-0.15, -0.1) is 0 Å². The summed E-state index contributed by atoms with van der Waals surface area (Å²) >= 11 is 0. The normalized spacial score (nSPS) is 17.0. The minimum absolute atomic E-state index is 0.276. The molecule has 0 amide bonds. The van der Waals surface area contributed by atoms with Crippen LogP contribution < -0.4 is 9.46 Å². The predicted octanol–water partition coefficient (Wildman–Crippen LogP) is 3.03. The first-order chi connectivity index (χ1) is 12.5. The highest BCUT2D eigenvalue weighted by molar-refractivity contribution is 7.89. The van der Waals surface area contributed by atoms with Gasteiger partial charge in [-0.3, -0.25) is 0 Å². The van der Waals surface area contributed by atoms with Crippen LogP contribution in [-0.2, 0) is 20.2 Å². The zero-order chi connectivity index (χ0) is 18.6. The minimum atomic E-state index is -3.56. The highest BCUT2D eigenvalue weighted by atomic mass is 32.2. The number of ether oxygens (including phenoxy) is 2. The van der Waals surface area contributed by atoms with E-state index in [4.69, 9.17) is 9.47 Å². The van der Waals surface area contributed by atoms with Crippen LogP contribution in [-0.4, -0.2) is 35.3 Å². The van der Waals surface area contributed by atoms with Crippen LogP contribution in [0.15, 0.2) is 53.4 Å². The van der Waals surface area contributed by atoms with Crippen LogP contribution in [0, 0.1) is 6.92 Å². The molecular weight excluding hydrogens is 350 g/mol. The lowest BCUT2D eigenvalue weighted by Crippen LogP contribution is -2.44. The molecule has 140 valence electrons. The topological polar surface area (TPSA) is 64.6 Å². The number of rotatable bonds is 6. The Bertz CT molecular complexity index is 840.